The number of carbonyl (C=O) groups is 1. The molecule has 0 aromatic heterocycles. The van der Waals surface area contributed by atoms with Crippen LogP contribution in [0.15, 0.2) is 18.2 Å². The molecule has 0 saturated carbocycles. The highest BCUT2D eigenvalue weighted by atomic mass is 35.5. The molecule has 0 spiro atoms. The number of aliphatic hydroxyl groups excluding tert-OH is 1. The maximum Gasteiger partial charge on any atom is 0.321 e. The van der Waals surface area contributed by atoms with E-state index in [1.807, 2.05) is 6.92 Å². The van der Waals surface area contributed by atoms with Gasteiger partial charge in [-0.1, -0.05) is 18.5 Å². The van der Waals surface area contributed by atoms with E-state index in [1.165, 1.54) is 0 Å². The summed E-state index contributed by atoms with van der Waals surface area (Å²) >= 11 is 5.97. The number of aliphatic hydroxyl groups is 1. The summed E-state index contributed by atoms with van der Waals surface area (Å²) in [7, 11) is 0. The highest BCUT2D eigenvalue weighted by Crippen LogP contribution is 2.35. The molecule has 0 bridgehead atoms. The van der Waals surface area contributed by atoms with Gasteiger partial charge in [0.1, 0.15) is 5.75 Å². The molecule has 2 N–H and O–H groups in total. The molecule has 0 atom stereocenters. The molecule has 1 heterocycles. The van der Waals surface area contributed by atoms with Crippen molar-refractivity contribution in [3.63, 3.8) is 0 Å². The zero-order valence-electron chi connectivity index (χ0n) is 13.8. The predicted molar refractivity (Wildman–Crippen MR) is 92.3 cm³/mol. The number of benzene rings is 1. The van der Waals surface area contributed by atoms with Crippen LogP contribution in [0.25, 0.3) is 0 Å². The van der Waals surface area contributed by atoms with Crippen LogP contribution in [0.1, 0.15) is 33.1 Å². The van der Waals surface area contributed by atoms with E-state index in [4.69, 9.17) is 16.3 Å². The second kappa shape index (κ2) is 7.88. The molecule has 1 saturated heterocycles. The summed E-state index contributed by atoms with van der Waals surface area (Å²) in [5.74, 6) is 0.573. The van der Waals surface area contributed by atoms with Crippen molar-refractivity contribution in [3.05, 3.63) is 23.2 Å². The van der Waals surface area contributed by atoms with Gasteiger partial charge in [-0.15, -0.1) is 0 Å². The number of piperidine rings is 1. The van der Waals surface area contributed by atoms with Crippen molar-refractivity contribution in [1.29, 1.82) is 0 Å². The van der Waals surface area contributed by atoms with E-state index in [0.717, 1.165) is 19.3 Å². The molecule has 1 aromatic carbocycles. The molecule has 6 heteroatoms. The lowest BCUT2D eigenvalue weighted by molar-refractivity contribution is 0.0542. The fourth-order valence-electron chi connectivity index (χ4n) is 2.88. The Hall–Kier alpha value is -1.46. The SMILES string of the molecule is CCOc1cc(Cl)ccc1NC(=O)N1CCC(CC)(CO)CC1. The van der Waals surface area contributed by atoms with E-state index in [1.54, 1.807) is 23.1 Å². The third-order valence-corrected chi connectivity index (χ3v) is 4.92. The van der Waals surface area contributed by atoms with Crippen LogP contribution in [0, 0.1) is 5.41 Å². The number of hydrogen-bond donors (Lipinski definition) is 2. The van der Waals surface area contributed by atoms with E-state index in [-0.39, 0.29) is 18.1 Å². The third-order valence-electron chi connectivity index (χ3n) is 4.68. The van der Waals surface area contributed by atoms with Crippen LogP contribution < -0.4 is 10.1 Å². The van der Waals surface area contributed by atoms with Gasteiger partial charge in [0.2, 0.25) is 0 Å². The quantitative estimate of drug-likeness (QED) is 0.858. The number of likely N-dealkylation sites (tertiary alicyclic amines) is 1. The fourth-order valence-corrected chi connectivity index (χ4v) is 3.04. The Morgan fingerprint density at radius 2 is 2.09 bits per heavy atom. The van der Waals surface area contributed by atoms with Crippen LogP contribution >= 0.6 is 11.6 Å². The van der Waals surface area contributed by atoms with Crippen molar-refractivity contribution in [2.75, 3.05) is 31.6 Å². The van der Waals surface area contributed by atoms with Crippen molar-refractivity contribution in [1.82, 2.24) is 4.90 Å². The predicted octanol–water partition coefficient (Wildman–Crippen LogP) is 3.76. The number of urea groups is 1. The molecule has 0 aliphatic carbocycles. The number of amides is 2. The molecular formula is C17H25ClN2O3. The Kier molecular flexibility index (Phi) is 6.13. The molecule has 1 aliphatic rings. The van der Waals surface area contributed by atoms with Crippen molar-refractivity contribution in [3.8, 4) is 5.75 Å². The largest absolute Gasteiger partial charge is 0.492 e. The molecule has 1 aromatic rings. The highest BCUT2D eigenvalue weighted by molar-refractivity contribution is 6.30. The number of hydrogen-bond acceptors (Lipinski definition) is 3. The molecule has 2 rings (SSSR count). The number of halogens is 1. The number of rotatable bonds is 5. The molecule has 2 amide bonds. The summed E-state index contributed by atoms with van der Waals surface area (Å²) in [6, 6.07) is 5.03. The van der Waals surface area contributed by atoms with Gasteiger partial charge < -0.3 is 20.1 Å². The molecule has 1 aliphatic heterocycles. The number of carbonyl (C=O) groups excluding carboxylic acids is 1. The molecular weight excluding hydrogens is 316 g/mol. The number of nitrogens with zero attached hydrogens (tertiary/aromatic N) is 1. The van der Waals surface area contributed by atoms with Crippen molar-refractivity contribution < 1.29 is 14.6 Å². The molecule has 5 nitrogen and oxygen atoms in total. The summed E-state index contributed by atoms with van der Waals surface area (Å²) in [6.07, 6.45) is 2.59. The number of nitrogens with one attached hydrogen (secondary N) is 1. The summed E-state index contributed by atoms with van der Waals surface area (Å²) in [6.45, 7) is 5.97. The Morgan fingerprint density at radius 1 is 1.39 bits per heavy atom. The minimum atomic E-state index is -0.143. The van der Waals surface area contributed by atoms with Crippen LogP contribution in [0.2, 0.25) is 5.02 Å². The van der Waals surface area contributed by atoms with Gasteiger partial charge in [0.05, 0.1) is 12.3 Å². The second-order valence-electron chi connectivity index (χ2n) is 6.00. The first-order valence-electron chi connectivity index (χ1n) is 8.12. The lowest BCUT2D eigenvalue weighted by atomic mass is 9.77. The Bertz CT molecular complexity index is 537. The molecule has 0 radical (unpaired) electrons. The van der Waals surface area contributed by atoms with E-state index in [0.29, 0.717) is 36.2 Å². The summed E-state index contributed by atoms with van der Waals surface area (Å²) in [5.41, 5.74) is 0.587. The van der Waals surface area contributed by atoms with Crippen molar-refractivity contribution in [2.24, 2.45) is 5.41 Å². The van der Waals surface area contributed by atoms with Gasteiger partial charge in [0.15, 0.2) is 0 Å². The van der Waals surface area contributed by atoms with Gasteiger partial charge in [-0.3, -0.25) is 0 Å². The molecule has 23 heavy (non-hydrogen) atoms. The zero-order valence-corrected chi connectivity index (χ0v) is 14.5. The summed E-state index contributed by atoms with van der Waals surface area (Å²) in [4.78, 5) is 14.2. The summed E-state index contributed by atoms with van der Waals surface area (Å²) in [5, 5.41) is 13.0. The van der Waals surface area contributed by atoms with Crippen LogP contribution in [0.5, 0.6) is 5.75 Å². The van der Waals surface area contributed by atoms with Gasteiger partial charge in [0, 0.05) is 30.8 Å². The van der Waals surface area contributed by atoms with Crippen molar-refractivity contribution >= 4 is 23.3 Å². The minimum Gasteiger partial charge on any atom is -0.492 e. The van der Waals surface area contributed by atoms with Gasteiger partial charge in [-0.25, -0.2) is 4.79 Å². The van der Waals surface area contributed by atoms with Crippen molar-refractivity contribution in [2.45, 2.75) is 33.1 Å². The van der Waals surface area contributed by atoms with Gasteiger partial charge in [0.25, 0.3) is 0 Å². The fraction of sp³-hybridized carbons (Fsp3) is 0.588. The highest BCUT2D eigenvalue weighted by Gasteiger charge is 2.34. The van der Waals surface area contributed by atoms with E-state index in [2.05, 4.69) is 12.2 Å². The van der Waals surface area contributed by atoms with E-state index >= 15 is 0 Å². The normalized spacial score (nSPS) is 17.0. The van der Waals surface area contributed by atoms with Crippen LogP contribution in [0.4, 0.5) is 10.5 Å². The Balaban J connectivity index is 2.01. The standard InChI is InChI=1S/C17H25ClN2O3/c1-3-17(12-21)7-9-20(10-8-17)16(22)19-14-6-5-13(18)11-15(14)23-4-2/h5-6,11,21H,3-4,7-10,12H2,1-2H3,(H,19,22). The average molecular weight is 341 g/mol. The topological polar surface area (TPSA) is 61.8 Å². The zero-order chi connectivity index (χ0) is 16.9. The van der Waals surface area contributed by atoms with Gasteiger partial charge >= 0.3 is 6.03 Å². The van der Waals surface area contributed by atoms with Gasteiger partial charge in [-0.05, 0) is 43.7 Å². The first kappa shape index (κ1) is 17.9. The van der Waals surface area contributed by atoms with Crippen LogP contribution in [0.3, 0.4) is 0 Å². The average Bonchev–Trinajstić information content (AvgIpc) is 2.57. The Morgan fingerprint density at radius 3 is 2.65 bits per heavy atom. The first-order valence-corrected chi connectivity index (χ1v) is 8.50. The maximum absolute atomic E-state index is 12.5. The van der Waals surface area contributed by atoms with Crippen LogP contribution in [-0.4, -0.2) is 42.3 Å². The third kappa shape index (κ3) is 4.30. The summed E-state index contributed by atoms with van der Waals surface area (Å²) < 4.78 is 5.52. The minimum absolute atomic E-state index is 0.0342. The lowest BCUT2D eigenvalue weighted by Gasteiger charge is -2.40. The number of ether oxygens (including phenoxy) is 1. The van der Waals surface area contributed by atoms with Gasteiger partial charge in [-0.2, -0.15) is 0 Å². The smallest absolute Gasteiger partial charge is 0.321 e. The maximum atomic E-state index is 12.5. The second-order valence-corrected chi connectivity index (χ2v) is 6.44. The number of anilines is 1. The first-order chi connectivity index (χ1) is 11.0. The molecule has 1 fully saturated rings. The van der Waals surface area contributed by atoms with Crippen LogP contribution in [-0.2, 0) is 0 Å². The Labute approximate surface area is 142 Å². The molecule has 0 unspecified atom stereocenters. The van der Waals surface area contributed by atoms with E-state index in [9.17, 15) is 9.90 Å². The lowest BCUT2D eigenvalue weighted by Crippen LogP contribution is -2.46. The monoisotopic (exact) mass is 340 g/mol. The van der Waals surface area contributed by atoms with E-state index < -0.39 is 0 Å². The molecule has 128 valence electrons.